The molecule has 0 aliphatic carbocycles. The first kappa shape index (κ1) is 22.2. The first-order valence-electron chi connectivity index (χ1n) is 9.12. The number of terminal acetylenes is 1. The lowest BCUT2D eigenvalue weighted by Crippen LogP contribution is -2.55. The first-order chi connectivity index (χ1) is 15.0. The number of aliphatic hydroxyl groups is 2. The number of aliphatic hydroxyl groups excluding tert-OH is 2. The molecule has 4 rings (SSSR count). The zero-order valence-corrected chi connectivity index (χ0v) is 18.6. The Morgan fingerprint density at radius 2 is 2.29 bits per heavy atom. The lowest BCUT2D eigenvalue weighted by molar-refractivity contribution is -0.186. The van der Waals surface area contributed by atoms with E-state index in [2.05, 4.69) is 26.2 Å². The molecule has 0 amide bonds. The molecule has 0 radical (unpaired) electrons. The van der Waals surface area contributed by atoms with Gasteiger partial charge in [-0.15, -0.1) is 22.9 Å². The number of hydrogen-bond donors (Lipinski definition) is 2. The molecule has 0 bridgehead atoms. The van der Waals surface area contributed by atoms with Crippen LogP contribution in [0.3, 0.4) is 0 Å². The van der Waals surface area contributed by atoms with Crippen LogP contribution in [0.1, 0.15) is 11.6 Å². The molecule has 1 saturated heterocycles. The standard InChI is InChI=1S/C19H18ClN5O4S2/c1-3-10-4-11(6-21-5-10)31-19-17(28-2)15(16(27)13(8-26)29-19)25-7-12(23-24-25)18-22-14(20)9-30-18/h1,4-7,9,13,15-17,19,26-27H,8H2,2H3/t13?,15?,16-,17?,19+/m0/s1. The molecule has 0 aromatic carbocycles. The molecule has 9 nitrogen and oxygen atoms in total. The van der Waals surface area contributed by atoms with Gasteiger partial charge >= 0.3 is 0 Å². The topological polar surface area (TPSA) is 115 Å². The number of aromatic nitrogens is 5. The van der Waals surface area contributed by atoms with Gasteiger partial charge in [0.15, 0.2) is 0 Å². The van der Waals surface area contributed by atoms with Crippen LogP contribution in [0.25, 0.3) is 10.7 Å². The van der Waals surface area contributed by atoms with Gasteiger partial charge in [0.25, 0.3) is 0 Å². The summed E-state index contributed by atoms with van der Waals surface area (Å²) < 4.78 is 13.2. The van der Waals surface area contributed by atoms with Crippen LogP contribution in [-0.4, -0.2) is 72.6 Å². The molecule has 1 fully saturated rings. The fraction of sp³-hybridized carbons (Fsp3) is 0.368. The average molecular weight is 480 g/mol. The number of thioether (sulfide) groups is 1. The zero-order chi connectivity index (χ0) is 22.0. The third-order valence-electron chi connectivity index (χ3n) is 4.74. The van der Waals surface area contributed by atoms with Crippen molar-refractivity contribution in [3.63, 3.8) is 0 Å². The van der Waals surface area contributed by atoms with Crippen LogP contribution in [0, 0.1) is 12.3 Å². The Kier molecular flexibility index (Phi) is 6.88. The van der Waals surface area contributed by atoms with Gasteiger partial charge in [-0.2, -0.15) is 0 Å². The summed E-state index contributed by atoms with van der Waals surface area (Å²) in [6, 6.07) is 1.13. The van der Waals surface area contributed by atoms with Crippen LogP contribution in [0.2, 0.25) is 5.15 Å². The van der Waals surface area contributed by atoms with Crippen LogP contribution >= 0.6 is 34.7 Å². The van der Waals surface area contributed by atoms with Crippen LogP contribution in [0.15, 0.2) is 34.9 Å². The van der Waals surface area contributed by atoms with Crippen molar-refractivity contribution in [1.82, 2.24) is 25.0 Å². The second-order valence-electron chi connectivity index (χ2n) is 6.64. The minimum absolute atomic E-state index is 0.370. The maximum absolute atomic E-state index is 10.9. The van der Waals surface area contributed by atoms with E-state index < -0.39 is 29.8 Å². The van der Waals surface area contributed by atoms with Gasteiger partial charge in [0.2, 0.25) is 0 Å². The quantitative estimate of drug-likeness (QED) is 0.511. The van der Waals surface area contributed by atoms with Gasteiger partial charge < -0.3 is 19.7 Å². The van der Waals surface area contributed by atoms with E-state index >= 15 is 0 Å². The van der Waals surface area contributed by atoms with Gasteiger partial charge in [0.05, 0.1) is 12.8 Å². The van der Waals surface area contributed by atoms with E-state index in [1.807, 2.05) is 6.07 Å². The Morgan fingerprint density at radius 1 is 1.45 bits per heavy atom. The molecule has 3 aromatic rings. The van der Waals surface area contributed by atoms with Gasteiger partial charge in [-0.1, -0.05) is 34.5 Å². The Morgan fingerprint density at radius 3 is 2.97 bits per heavy atom. The summed E-state index contributed by atoms with van der Waals surface area (Å²) in [6.45, 7) is -0.378. The molecule has 0 saturated carbocycles. The highest BCUT2D eigenvalue weighted by molar-refractivity contribution is 7.99. The summed E-state index contributed by atoms with van der Waals surface area (Å²) in [5.41, 5.74) is 0.571. The van der Waals surface area contributed by atoms with E-state index in [9.17, 15) is 10.2 Å². The molecule has 3 aromatic heterocycles. The highest BCUT2D eigenvalue weighted by Gasteiger charge is 2.47. The lowest BCUT2D eigenvalue weighted by Gasteiger charge is -2.43. The Bertz CT molecular complexity index is 1090. The minimum atomic E-state index is -1.09. The predicted molar refractivity (Wildman–Crippen MR) is 116 cm³/mol. The Balaban J connectivity index is 1.65. The number of ether oxygens (including phenoxy) is 2. The number of nitrogens with zero attached hydrogens (tertiary/aromatic N) is 5. The largest absolute Gasteiger partial charge is 0.394 e. The average Bonchev–Trinajstić information content (AvgIpc) is 3.43. The Labute approximate surface area is 191 Å². The fourth-order valence-electron chi connectivity index (χ4n) is 3.30. The van der Waals surface area contributed by atoms with Crippen LogP contribution in [-0.2, 0) is 9.47 Å². The van der Waals surface area contributed by atoms with Crippen molar-refractivity contribution in [3.8, 4) is 23.0 Å². The van der Waals surface area contributed by atoms with Gasteiger partial charge in [-0.05, 0) is 6.07 Å². The van der Waals surface area contributed by atoms with E-state index in [0.29, 0.717) is 21.4 Å². The van der Waals surface area contributed by atoms with Gasteiger partial charge in [-0.25, -0.2) is 9.67 Å². The maximum Gasteiger partial charge on any atom is 0.147 e. The lowest BCUT2D eigenvalue weighted by atomic mass is 9.97. The second-order valence-corrected chi connectivity index (χ2v) is 9.05. The molecule has 1 aliphatic rings. The maximum atomic E-state index is 10.9. The summed E-state index contributed by atoms with van der Waals surface area (Å²) in [5, 5.41) is 31.7. The molecular formula is C19H18ClN5O4S2. The number of halogens is 1. The van der Waals surface area contributed by atoms with Crippen molar-refractivity contribution >= 4 is 34.7 Å². The van der Waals surface area contributed by atoms with Crippen molar-refractivity contribution in [3.05, 3.63) is 40.8 Å². The molecule has 3 unspecified atom stereocenters. The van der Waals surface area contributed by atoms with E-state index in [1.54, 1.807) is 24.0 Å². The molecule has 1 aliphatic heterocycles. The highest BCUT2D eigenvalue weighted by Crippen LogP contribution is 2.39. The normalized spacial score (nSPS) is 26.0. The third kappa shape index (κ3) is 4.61. The summed E-state index contributed by atoms with van der Waals surface area (Å²) in [4.78, 5) is 9.11. The molecule has 2 N–H and O–H groups in total. The van der Waals surface area contributed by atoms with E-state index in [4.69, 9.17) is 27.5 Å². The Hall–Kier alpha value is -2.04. The predicted octanol–water partition coefficient (Wildman–Crippen LogP) is 1.86. The zero-order valence-electron chi connectivity index (χ0n) is 16.2. The molecule has 12 heteroatoms. The molecule has 5 atom stereocenters. The van der Waals surface area contributed by atoms with Crippen molar-refractivity contribution in [2.24, 2.45) is 0 Å². The summed E-state index contributed by atoms with van der Waals surface area (Å²) in [5.74, 6) is 2.55. The van der Waals surface area contributed by atoms with Crippen molar-refractivity contribution < 1.29 is 19.7 Å². The monoisotopic (exact) mass is 479 g/mol. The third-order valence-corrected chi connectivity index (χ3v) is 7.03. The van der Waals surface area contributed by atoms with E-state index in [0.717, 1.165) is 4.90 Å². The number of thiazole rings is 1. The van der Waals surface area contributed by atoms with E-state index in [-0.39, 0.29) is 6.61 Å². The molecule has 0 spiro atoms. The van der Waals surface area contributed by atoms with Gasteiger partial charge in [-0.3, -0.25) is 4.98 Å². The number of hydrogen-bond acceptors (Lipinski definition) is 10. The number of methoxy groups -OCH3 is 1. The highest BCUT2D eigenvalue weighted by atomic mass is 35.5. The van der Waals surface area contributed by atoms with E-state index in [1.165, 1.54) is 34.9 Å². The number of rotatable bonds is 6. The molecule has 4 heterocycles. The smallest absolute Gasteiger partial charge is 0.147 e. The molecule has 31 heavy (non-hydrogen) atoms. The summed E-state index contributed by atoms with van der Waals surface area (Å²) in [7, 11) is 1.52. The van der Waals surface area contributed by atoms with Crippen molar-refractivity contribution in [1.29, 1.82) is 0 Å². The van der Waals surface area contributed by atoms with Crippen LogP contribution in [0.5, 0.6) is 0 Å². The van der Waals surface area contributed by atoms with Crippen molar-refractivity contribution in [2.45, 2.75) is 34.7 Å². The first-order valence-corrected chi connectivity index (χ1v) is 11.3. The summed E-state index contributed by atoms with van der Waals surface area (Å²) in [6.07, 6.45) is 7.83. The molecule has 162 valence electrons. The SMILES string of the molecule is C#Cc1cncc(S[C@H]2OC(CO)[C@H](O)C(n3cc(-c4nc(Cl)cs4)nn3)C2OC)c1. The van der Waals surface area contributed by atoms with Gasteiger partial charge in [0, 0.05) is 35.3 Å². The van der Waals surface area contributed by atoms with Crippen LogP contribution in [0.4, 0.5) is 0 Å². The summed E-state index contributed by atoms with van der Waals surface area (Å²) >= 11 is 8.58. The minimum Gasteiger partial charge on any atom is -0.394 e. The fourth-order valence-corrected chi connectivity index (χ4v) is 5.38. The van der Waals surface area contributed by atoms with Gasteiger partial charge in [0.1, 0.15) is 45.6 Å². The van der Waals surface area contributed by atoms with Crippen LogP contribution < -0.4 is 0 Å². The molecular weight excluding hydrogens is 462 g/mol. The van der Waals surface area contributed by atoms with Crippen molar-refractivity contribution in [2.75, 3.05) is 13.7 Å². The second kappa shape index (κ2) is 9.62. The number of pyridine rings is 1.